The van der Waals surface area contributed by atoms with Crippen LogP contribution < -0.4 is 5.32 Å². The van der Waals surface area contributed by atoms with Gasteiger partial charge in [-0.3, -0.25) is 9.69 Å². The van der Waals surface area contributed by atoms with E-state index in [1.807, 2.05) is 12.1 Å². The second-order valence-electron chi connectivity index (χ2n) is 9.60. The number of carbonyl (C=O) groups excluding carboxylic acids is 1. The fourth-order valence-corrected chi connectivity index (χ4v) is 5.73. The lowest BCUT2D eigenvalue weighted by atomic mass is 9.88. The molecule has 0 bridgehead atoms. The molecule has 1 amide bonds. The summed E-state index contributed by atoms with van der Waals surface area (Å²) in [5.74, 6) is 1.85. The number of carbonyl (C=O) groups is 1. The maximum Gasteiger partial charge on any atom is 0.254 e. The molecule has 6 heteroatoms. The first-order valence-corrected chi connectivity index (χ1v) is 12.0. The highest BCUT2D eigenvalue weighted by Gasteiger charge is 2.34. The monoisotopic (exact) mass is 429 g/mol. The largest absolute Gasteiger partial charge is 0.341 e. The van der Waals surface area contributed by atoms with E-state index in [9.17, 15) is 4.79 Å². The molecule has 2 aromatic carbocycles. The van der Waals surface area contributed by atoms with E-state index in [0.717, 1.165) is 87.4 Å². The summed E-state index contributed by atoms with van der Waals surface area (Å²) in [4.78, 5) is 25.7. The molecule has 0 radical (unpaired) electrons. The Morgan fingerprint density at radius 3 is 2.75 bits per heavy atom. The van der Waals surface area contributed by atoms with Gasteiger partial charge >= 0.3 is 0 Å². The topological polar surface area (TPSA) is 64.3 Å². The smallest absolute Gasteiger partial charge is 0.254 e. The van der Waals surface area contributed by atoms with Crippen molar-refractivity contribution in [2.24, 2.45) is 0 Å². The van der Waals surface area contributed by atoms with Crippen LogP contribution in [0.2, 0.25) is 0 Å². The van der Waals surface area contributed by atoms with Crippen LogP contribution in [0.3, 0.4) is 0 Å². The fourth-order valence-electron chi connectivity index (χ4n) is 5.73. The van der Waals surface area contributed by atoms with Gasteiger partial charge < -0.3 is 15.2 Å². The number of H-pyrrole nitrogens is 1. The minimum Gasteiger partial charge on any atom is -0.341 e. The third kappa shape index (κ3) is 3.71. The van der Waals surface area contributed by atoms with Crippen molar-refractivity contribution < 1.29 is 4.79 Å². The number of fused-ring (bicyclic) bond motifs is 2. The van der Waals surface area contributed by atoms with Gasteiger partial charge in [0.05, 0.1) is 17.6 Å². The van der Waals surface area contributed by atoms with Gasteiger partial charge in [-0.05, 0) is 80.6 Å². The van der Waals surface area contributed by atoms with Crippen molar-refractivity contribution >= 4 is 16.9 Å². The van der Waals surface area contributed by atoms with Gasteiger partial charge in [-0.1, -0.05) is 24.3 Å². The summed E-state index contributed by atoms with van der Waals surface area (Å²) < 4.78 is 0. The Labute approximate surface area is 189 Å². The Bertz CT molecular complexity index is 1090. The number of likely N-dealkylation sites (tertiary alicyclic amines) is 1. The normalized spacial score (nSPS) is 22.6. The van der Waals surface area contributed by atoms with Crippen LogP contribution in [0.25, 0.3) is 11.0 Å². The highest BCUT2D eigenvalue weighted by molar-refractivity contribution is 5.98. The average molecular weight is 430 g/mol. The molecule has 3 aromatic rings. The molecular formula is C26H31N5O. The first-order chi connectivity index (χ1) is 15.7. The maximum absolute atomic E-state index is 12.9. The van der Waals surface area contributed by atoms with Gasteiger partial charge in [0.15, 0.2) is 0 Å². The number of hydrogen-bond acceptors (Lipinski definition) is 4. The molecule has 6 rings (SSSR count). The summed E-state index contributed by atoms with van der Waals surface area (Å²) in [5.41, 5.74) is 5.71. The zero-order valence-corrected chi connectivity index (χ0v) is 18.5. The second kappa shape index (κ2) is 8.34. The van der Waals surface area contributed by atoms with Crippen LogP contribution in [-0.2, 0) is 13.1 Å². The third-order valence-corrected chi connectivity index (χ3v) is 7.54. The lowest BCUT2D eigenvalue weighted by Gasteiger charge is -2.32. The molecule has 1 unspecified atom stereocenters. The van der Waals surface area contributed by atoms with Crippen molar-refractivity contribution in [3.8, 4) is 0 Å². The first kappa shape index (κ1) is 19.9. The van der Waals surface area contributed by atoms with Crippen molar-refractivity contribution in [2.45, 2.75) is 50.7 Å². The molecule has 32 heavy (non-hydrogen) atoms. The van der Waals surface area contributed by atoms with Crippen LogP contribution in [0.4, 0.5) is 0 Å². The molecule has 166 valence electrons. The Kier molecular flexibility index (Phi) is 5.20. The summed E-state index contributed by atoms with van der Waals surface area (Å²) >= 11 is 0. The van der Waals surface area contributed by atoms with Crippen LogP contribution in [0.15, 0.2) is 42.5 Å². The van der Waals surface area contributed by atoms with Crippen LogP contribution in [0, 0.1) is 0 Å². The Balaban J connectivity index is 1.09. The van der Waals surface area contributed by atoms with Gasteiger partial charge in [-0.2, -0.15) is 0 Å². The van der Waals surface area contributed by atoms with Crippen LogP contribution >= 0.6 is 0 Å². The van der Waals surface area contributed by atoms with Gasteiger partial charge in [0.25, 0.3) is 5.91 Å². The molecule has 3 aliphatic rings. The number of nitrogens with one attached hydrogen (secondary N) is 2. The summed E-state index contributed by atoms with van der Waals surface area (Å²) in [7, 11) is 0. The number of nitrogens with zero attached hydrogens (tertiary/aromatic N) is 3. The molecule has 0 aliphatic carbocycles. The summed E-state index contributed by atoms with van der Waals surface area (Å²) in [6, 6.07) is 15.2. The zero-order chi connectivity index (χ0) is 21.5. The van der Waals surface area contributed by atoms with Crippen LogP contribution in [0.5, 0.6) is 0 Å². The SMILES string of the molecule is O=C1c2ccc(C3CCN(Cc4nc5ccccc5[nH]4)CC3)cc2CN1C1CCCNC1. The van der Waals surface area contributed by atoms with E-state index >= 15 is 0 Å². The Morgan fingerprint density at radius 2 is 1.94 bits per heavy atom. The minimum absolute atomic E-state index is 0.223. The molecule has 0 spiro atoms. The number of aromatic nitrogens is 2. The van der Waals surface area contributed by atoms with E-state index in [2.05, 4.69) is 50.4 Å². The first-order valence-electron chi connectivity index (χ1n) is 12.0. The predicted molar refractivity (Wildman–Crippen MR) is 126 cm³/mol. The standard InChI is InChI=1S/C26H31N5O/c32-26-22-8-7-19(14-20(22)16-31(26)21-4-3-11-27-15-21)18-9-12-30(13-10-18)17-25-28-23-5-1-2-6-24(23)29-25/h1-2,5-8,14,18,21,27H,3-4,9-13,15-17H2,(H,28,29). The highest BCUT2D eigenvalue weighted by Crippen LogP contribution is 2.33. The number of rotatable bonds is 4. The zero-order valence-electron chi connectivity index (χ0n) is 18.5. The molecular weight excluding hydrogens is 398 g/mol. The maximum atomic E-state index is 12.9. The van der Waals surface area contributed by atoms with Crippen molar-refractivity contribution in [2.75, 3.05) is 26.2 Å². The Hall–Kier alpha value is -2.70. The van der Waals surface area contributed by atoms with Crippen LogP contribution in [-0.4, -0.2) is 57.9 Å². The minimum atomic E-state index is 0.223. The van der Waals surface area contributed by atoms with Crippen molar-refractivity contribution in [3.63, 3.8) is 0 Å². The molecule has 3 aliphatic heterocycles. The van der Waals surface area contributed by atoms with Gasteiger partial charge in [0.2, 0.25) is 0 Å². The summed E-state index contributed by atoms with van der Waals surface area (Å²) in [6.45, 7) is 5.82. The quantitative estimate of drug-likeness (QED) is 0.665. The third-order valence-electron chi connectivity index (χ3n) is 7.54. The van der Waals surface area contributed by atoms with Crippen molar-refractivity contribution in [1.29, 1.82) is 0 Å². The number of piperidine rings is 2. The predicted octanol–water partition coefficient (Wildman–Crippen LogP) is 3.65. The number of benzene rings is 2. The van der Waals surface area contributed by atoms with Crippen molar-refractivity contribution in [1.82, 2.24) is 25.1 Å². The number of aromatic amines is 1. The molecule has 0 saturated carbocycles. The molecule has 2 saturated heterocycles. The molecule has 4 heterocycles. The Morgan fingerprint density at radius 1 is 1.06 bits per heavy atom. The second-order valence-corrected chi connectivity index (χ2v) is 9.60. The van der Waals surface area contributed by atoms with E-state index < -0.39 is 0 Å². The van der Waals surface area contributed by atoms with E-state index in [4.69, 9.17) is 4.98 Å². The van der Waals surface area contributed by atoms with Gasteiger partial charge in [0.1, 0.15) is 5.82 Å². The van der Waals surface area contributed by atoms with Gasteiger partial charge in [-0.15, -0.1) is 0 Å². The lowest BCUT2D eigenvalue weighted by molar-refractivity contribution is 0.0674. The van der Waals surface area contributed by atoms with Crippen LogP contribution in [0.1, 0.15) is 58.9 Å². The molecule has 1 aromatic heterocycles. The molecule has 1 atom stereocenters. The van der Waals surface area contributed by atoms with E-state index in [-0.39, 0.29) is 5.91 Å². The highest BCUT2D eigenvalue weighted by atomic mass is 16.2. The molecule has 2 N–H and O–H groups in total. The fraction of sp³-hybridized carbons (Fsp3) is 0.462. The summed E-state index contributed by atoms with van der Waals surface area (Å²) in [5, 5.41) is 3.45. The van der Waals surface area contributed by atoms with Crippen molar-refractivity contribution in [3.05, 3.63) is 65.0 Å². The van der Waals surface area contributed by atoms with E-state index in [1.54, 1.807) is 0 Å². The van der Waals surface area contributed by atoms with Gasteiger partial charge in [0, 0.05) is 24.7 Å². The van der Waals surface area contributed by atoms with Gasteiger partial charge in [-0.25, -0.2) is 4.98 Å². The lowest BCUT2D eigenvalue weighted by Crippen LogP contribution is -2.46. The number of hydrogen-bond donors (Lipinski definition) is 2. The number of amides is 1. The number of para-hydroxylation sites is 2. The van der Waals surface area contributed by atoms with E-state index in [1.165, 1.54) is 11.1 Å². The average Bonchev–Trinajstić information content (AvgIpc) is 3.40. The number of imidazole rings is 1. The summed E-state index contributed by atoms with van der Waals surface area (Å²) in [6.07, 6.45) is 4.58. The molecule has 2 fully saturated rings. The molecule has 6 nitrogen and oxygen atoms in total. The van der Waals surface area contributed by atoms with E-state index in [0.29, 0.717) is 12.0 Å².